The molecule has 20 heavy (non-hydrogen) atoms. The van der Waals surface area contributed by atoms with Crippen LogP contribution in [0.4, 0.5) is 0 Å². The van der Waals surface area contributed by atoms with Gasteiger partial charge in [-0.25, -0.2) is 0 Å². The molecule has 1 saturated heterocycles. The van der Waals surface area contributed by atoms with Gasteiger partial charge in [0, 0.05) is 5.54 Å². The predicted octanol–water partition coefficient (Wildman–Crippen LogP) is 4.30. The van der Waals surface area contributed by atoms with Crippen molar-refractivity contribution in [2.75, 3.05) is 26.2 Å². The van der Waals surface area contributed by atoms with Crippen LogP contribution < -0.4 is 5.32 Å². The van der Waals surface area contributed by atoms with Crippen molar-refractivity contribution in [1.29, 1.82) is 0 Å². The van der Waals surface area contributed by atoms with Gasteiger partial charge in [0.1, 0.15) is 0 Å². The van der Waals surface area contributed by atoms with E-state index in [4.69, 9.17) is 0 Å². The fourth-order valence-corrected chi connectivity index (χ4v) is 3.17. The van der Waals surface area contributed by atoms with Gasteiger partial charge < -0.3 is 10.2 Å². The Morgan fingerprint density at radius 2 is 1.65 bits per heavy atom. The molecule has 0 bridgehead atoms. The minimum absolute atomic E-state index is 0.266. The zero-order valence-electron chi connectivity index (χ0n) is 14.9. The SMILES string of the molecule is CC(C)(C)NCCCCN1CCCC(C(C)(C)C)CC1. The van der Waals surface area contributed by atoms with E-state index in [0.29, 0.717) is 5.41 Å². The molecule has 1 atom stereocenters. The average molecular weight is 283 g/mol. The molecule has 2 nitrogen and oxygen atoms in total. The molecule has 1 heterocycles. The molecule has 1 N–H and O–H groups in total. The van der Waals surface area contributed by atoms with Crippen molar-refractivity contribution in [2.45, 2.75) is 79.2 Å². The molecule has 1 aliphatic rings. The maximum absolute atomic E-state index is 3.58. The van der Waals surface area contributed by atoms with Crippen molar-refractivity contribution in [3.63, 3.8) is 0 Å². The minimum atomic E-state index is 0.266. The Balaban J connectivity index is 2.16. The third-order valence-corrected chi connectivity index (χ3v) is 4.60. The largest absolute Gasteiger partial charge is 0.312 e. The van der Waals surface area contributed by atoms with Gasteiger partial charge in [-0.2, -0.15) is 0 Å². The number of hydrogen-bond acceptors (Lipinski definition) is 2. The lowest BCUT2D eigenvalue weighted by Crippen LogP contribution is -2.36. The third-order valence-electron chi connectivity index (χ3n) is 4.60. The Labute approximate surface area is 127 Å². The van der Waals surface area contributed by atoms with Crippen LogP contribution in [0, 0.1) is 11.3 Å². The molecule has 0 aliphatic carbocycles. The Morgan fingerprint density at radius 3 is 2.25 bits per heavy atom. The molecule has 0 aromatic carbocycles. The summed E-state index contributed by atoms with van der Waals surface area (Å²) in [6.07, 6.45) is 6.84. The van der Waals surface area contributed by atoms with E-state index in [1.165, 1.54) is 51.7 Å². The molecule has 1 fully saturated rings. The number of hydrogen-bond donors (Lipinski definition) is 1. The molecule has 1 unspecified atom stereocenters. The second kappa shape index (κ2) is 7.79. The van der Waals surface area contributed by atoms with E-state index in [9.17, 15) is 0 Å². The number of nitrogens with zero attached hydrogens (tertiary/aromatic N) is 1. The van der Waals surface area contributed by atoms with Crippen LogP contribution in [0.3, 0.4) is 0 Å². The molecule has 0 saturated carbocycles. The standard InChI is InChI=1S/C18H38N2/c1-17(2,3)16-10-9-14-20(15-11-16)13-8-7-12-19-18(4,5)6/h16,19H,7-15H2,1-6H3. The highest BCUT2D eigenvalue weighted by Crippen LogP contribution is 2.34. The van der Waals surface area contributed by atoms with Crippen molar-refractivity contribution in [2.24, 2.45) is 11.3 Å². The van der Waals surface area contributed by atoms with Gasteiger partial charge in [0.15, 0.2) is 0 Å². The van der Waals surface area contributed by atoms with Crippen molar-refractivity contribution in [3.05, 3.63) is 0 Å². The summed E-state index contributed by atoms with van der Waals surface area (Å²) in [6, 6.07) is 0. The zero-order chi connectivity index (χ0) is 15.2. The van der Waals surface area contributed by atoms with Crippen LogP contribution in [0.25, 0.3) is 0 Å². The topological polar surface area (TPSA) is 15.3 Å². The quantitative estimate of drug-likeness (QED) is 0.756. The number of rotatable bonds is 5. The Kier molecular flexibility index (Phi) is 7.00. The first-order valence-electron chi connectivity index (χ1n) is 8.66. The fraction of sp³-hybridized carbons (Fsp3) is 1.00. The van der Waals surface area contributed by atoms with Crippen LogP contribution in [0.15, 0.2) is 0 Å². The van der Waals surface area contributed by atoms with E-state index in [1.54, 1.807) is 0 Å². The molecule has 0 aromatic rings. The molecule has 1 rings (SSSR count). The lowest BCUT2D eigenvalue weighted by atomic mass is 9.77. The summed E-state index contributed by atoms with van der Waals surface area (Å²) in [7, 11) is 0. The zero-order valence-corrected chi connectivity index (χ0v) is 14.9. The molecule has 0 radical (unpaired) electrons. The second-order valence-corrected chi connectivity index (χ2v) is 8.72. The van der Waals surface area contributed by atoms with Crippen LogP contribution >= 0.6 is 0 Å². The highest BCUT2D eigenvalue weighted by atomic mass is 15.1. The molecule has 0 spiro atoms. The second-order valence-electron chi connectivity index (χ2n) is 8.72. The van der Waals surface area contributed by atoms with E-state index in [-0.39, 0.29) is 5.54 Å². The van der Waals surface area contributed by atoms with Gasteiger partial charge in [0.2, 0.25) is 0 Å². The fourth-order valence-electron chi connectivity index (χ4n) is 3.17. The normalized spacial score (nSPS) is 22.8. The number of likely N-dealkylation sites (tertiary alicyclic amines) is 1. The molecule has 120 valence electrons. The van der Waals surface area contributed by atoms with Crippen molar-refractivity contribution in [1.82, 2.24) is 10.2 Å². The minimum Gasteiger partial charge on any atom is -0.312 e. The summed E-state index contributed by atoms with van der Waals surface area (Å²) in [5.41, 5.74) is 0.759. The van der Waals surface area contributed by atoms with E-state index in [2.05, 4.69) is 51.8 Å². The van der Waals surface area contributed by atoms with E-state index < -0.39 is 0 Å². The number of nitrogens with one attached hydrogen (secondary N) is 1. The van der Waals surface area contributed by atoms with Crippen LogP contribution in [-0.2, 0) is 0 Å². The van der Waals surface area contributed by atoms with Gasteiger partial charge in [0.25, 0.3) is 0 Å². The van der Waals surface area contributed by atoms with Gasteiger partial charge >= 0.3 is 0 Å². The third kappa shape index (κ3) is 7.64. The Bertz CT molecular complexity index is 260. The van der Waals surface area contributed by atoms with Crippen LogP contribution in [0.2, 0.25) is 0 Å². The van der Waals surface area contributed by atoms with Gasteiger partial charge in [-0.15, -0.1) is 0 Å². The van der Waals surface area contributed by atoms with Gasteiger partial charge in [-0.3, -0.25) is 0 Å². The number of unbranched alkanes of at least 4 members (excludes halogenated alkanes) is 1. The van der Waals surface area contributed by atoms with Gasteiger partial charge in [-0.05, 0) is 90.4 Å². The van der Waals surface area contributed by atoms with Gasteiger partial charge in [0.05, 0.1) is 0 Å². The Morgan fingerprint density at radius 1 is 0.950 bits per heavy atom. The van der Waals surface area contributed by atoms with Crippen LogP contribution in [0.1, 0.15) is 73.6 Å². The molecular weight excluding hydrogens is 244 g/mol. The average Bonchev–Trinajstić information content (AvgIpc) is 2.52. The smallest absolute Gasteiger partial charge is 0.00965 e. The molecule has 1 aliphatic heterocycles. The maximum Gasteiger partial charge on any atom is 0.00965 e. The summed E-state index contributed by atoms with van der Waals surface area (Å²) in [4.78, 5) is 2.70. The first-order valence-corrected chi connectivity index (χ1v) is 8.66. The first kappa shape index (κ1) is 18.0. The summed E-state index contributed by atoms with van der Waals surface area (Å²) >= 11 is 0. The van der Waals surface area contributed by atoms with Gasteiger partial charge in [-0.1, -0.05) is 20.8 Å². The lowest BCUT2D eigenvalue weighted by molar-refractivity contribution is 0.207. The predicted molar refractivity (Wildman–Crippen MR) is 90.2 cm³/mol. The lowest BCUT2D eigenvalue weighted by Gasteiger charge is -2.29. The highest BCUT2D eigenvalue weighted by molar-refractivity contribution is 4.79. The first-order chi connectivity index (χ1) is 9.18. The van der Waals surface area contributed by atoms with E-state index >= 15 is 0 Å². The van der Waals surface area contributed by atoms with Crippen LogP contribution in [0.5, 0.6) is 0 Å². The van der Waals surface area contributed by atoms with E-state index in [1.807, 2.05) is 0 Å². The van der Waals surface area contributed by atoms with Crippen molar-refractivity contribution < 1.29 is 0 Å². The van der Waals surface area contributed by atoms with E-state index in [0.717, 1.165) is 12.5 Å². The molecule has 2 heteroatoms. The summed E-state index contributed by atoms with van der Waals surface area (Å²) in [6.45, 7) is 19.0. The van der Waals surface area contributed by atoms with Crippen molar-refractivity contribution in [3.8, 4) is 0 Å². The maximum atomic E-state index is 3.58. The summed E-state index contributed by atoms with van der Waals surface area (Å²) < 4.78 is 0. The molecular formula is C18H38N2. The summed E-state index contributed by atoms with van der Waals surface area (Å²) in [5, 5.41) is 3.58. The molecule has 0 amide bonds. The Hall–Kier alpha value is -0.0800. The highest BCUT2D eigenvalue weighted by Gasteiger charge is 2.26. The van der Waals surface area contributed by atoms with Crippen molar-refractivity contribution >= 4 is 0 Å². The molecule has 0 aromatic heterocycles. The monoisotopic (exact) mass is 282 g/mol. The summed E-state index contributed by atoms with van der Waals surface area (Å²) in [5.74, 6) is 0.912. The van der Waals surface area contributed by atoms with Crippen LogP contribution in [-0.4, -0.2) is 36.6 Å².